The first-order valence-corrected chi connectivity index (χ1v) is 15.3. The molecule has 1 heterocycles. The Morgan fingerprint density at radius 3 is 2.26 bits per heavy atom. The number of ketones is 1. The molecule has 0 saturated carbocycles. The van der Waals surface area contributed by atoms with Crippen LogP contribution in [-0.2, 0) is 37.2 Å². The van der Waals surface area contributed by atoms with E-state index in [0.29, 0.717) is 24.1 Å². The van der Waals surface area contributed by atoms with Crippen molar-refractivity contribution in [3.8, 4) is 0 Å². The van der Waals surface area contributed by atoms with Gasteiger partial charge in [-0.25, -0.2) is 13.2 Å². The van der Waals surface area contributed by atoms with E-state index in [9.17, 15) is 38.0 Å². The molecule has 0 radical (unpaired) electrons. The minimum Gasteiger partial charge on any atom is -0.480 e. The fourth-order valence-electron chi connectivity index (χ4n) is 4.87. The predicted octanol–water partition coefficient (Wildman–Crippen LogP) is 3.66. The van der Waals surface area contributed by atoms with Gasteiger partial charge in [0.05, 0.1) is 9.82 Å². The molecule has 2 aromatic carbocycles. The Labute approximate surface area is 244 Å². The first kappa shape index (κ1) is 32.5. The number of carboxylic acid groups (broad SMARTS) is 1. The average Bonchev–Trinajstić information content (AvgIpc) is 3.45. The summed E-state index contributed by atoms with van der Waals surface area (Å²) in [4.78, 5) is 47.4. The molecule has 0 spiro atoms. The van der Waals surface area contributed by atoms with E-state index in [-0.39, 0.29) is 42.2 Å². The van der Waals surface area contributed by atoms with Crippen LogP contribution in [0, 0.1) is 15.5 Å². The summed E-state index contributed by atoms with van der Waals surface area (Å²) in [5.74, 6) is -1.90. The van der Waals surface area contributed by atoms with Gasteiger partial charge < -0.3 is 15.8 Å². The van der Waals surface area contributed by atoms with Crippen molar-refractivity contribution >= 4 is 39.1 Å². The van der Waals surface area contributed by atoms with Crippen molar-refractivity contribution in [1.82, 2.24) is 9.62 Å². The normalized spacial score (nSPS) is 16.1. The molecule has 1 aliphatic heterocycles. The number of nitrogens with one attached hydrogen (secondary N) is 2. The number of aliphatic carboxylic acids is 1. The Hall–Kier alpha value is -3.97. The average molecular weight is 601 g/mol. The van der Waals surface area contributed by atoms with Crippen LogP contribution in [0.5, 0.6) is 0 Å². The van der Waals surface area contributed by atoms with Crippen LogP contribution >= 0.6 is 0 Å². The Balaban J connectivity index is 1.58. The second-order valence-corrected chi connectivity index (χ2v) is 12.4. The summed E-state index contributed by atoms with van der Waals surface area (Å²) in [5.41, 5.74) is 1.80. The highest BCUT2D eigenvalue weighted by atomic mass is 32.2. The van der Waals surface area contributed by atoms with E-state index >= 15 is 0 Å². The Morgan fingerprint density at radius 2 is 1.67 bits per heavy atom. The highest BCUT2D eigenvalue weighted by Gasteiger charge is 2.40. The number of nitrogens with zero attached hydrogens (tertiary/aromatic N) is 2. The molecule has 13 heteroatoms. The minimum absolute atomic E-state index is 0.0381. The maximum Gasteiger partial charge on any atom is 0.326 e. The number of benzene rings is 2. The summed E-state index contributed by atoms with van der Waals surface area (Å²) in [6.07, 6.45) is 4.60. The summed E-state index contributed by atoms with van der Waals surface area (Å²) >= 11 is 0. The summed E-state index contributed by atoms with van der Waals surface area (Å²) in [5, 5.41) is 30.6. The van der Waals surface area contributed by atoms with Gasteiger partial charge in [0.2, 0.25) is 15.9 Å². The molecule has 226 valence electrons. The number of nitro benzene ring substituents is 1. The van der Waals surface area contributed by atoms with Gasteiger partial charge in [-0.1, -0.05) is 30.7 Å². The largest absolute Gasteiger partial charge is 0.480 e. The van der Waals surface area contributed by atoms with Crippen LogP contribution in [0.3, 0.4) is 0 Å². The smallest absolute Gasteiger partial charge is 0.326 e. The standard InChI is InChI=1S/C29H36N4O8S/c1-20(30)6-3-2-4-7-24(34)18-21-9-11-22(12-10-21)19-26(29(36)37)31-28(35)27-8-5-17-32(27)42(40,41)25-15-13-23(14-16-25)33(38)39/h9-16,26-27,30H,2-8,17-19H2,1H3,(H,31,35)(H,36,37)/t26?,27-/m0/s1. The summed E-state index contributed by atoms with van der Waals surface area (Å²) in [6, 6.07) is 8.86. The SMILES string of the molecule is CC(=N)CCCCCC(=O)Cc1ccc(CC(NC(=O)[C@@H]2CCCN2S(=O)(=O)c2ccc([N+](=O)[O-])cc2)C(=O)O)cc1. The number of sulfonamides is 1. The second-order valence-electron chi connectivity index (χ2n) is 10.5. The van der Waals surface area contributed by atoms with Crippen LogP contribution in [0.15, 0.2) is 53.4 Å². The lowest BCUT2D eigenvalue weighted by Crippen LogP contribution is -2.51. The highest BCUT2D eigenvalue weighted by Crippen LogP contribution is 2.27. The topological polar surface area (TPSA) is 188 Å². The number of hydrogen-bond donors (Lipinski definition) is 3. The zero-order chi connectivity index (χ0) is 30.9. The van der Waals surface area contributed by atoms with Crippen molar-refractivity contribution in [2.75, 3.05) is 6.54 Å². The van der Waals surface area contributed by atoms with Gasteiger partial charge in [-0.05, 0) is 62.3 Å². The molecular formula is C29H36N4O8S. The third kappa shape index (κ3) is 9.02. The lowest BCUT2D eigenvalue weighted by Gasteiger charge is -2.25. The van der Waals surface area contributed by atoms with Gasteiger partial charge in [0.15, 0.2) is 0 Å². The number of carbonyl (C=O) groups excluding carboxylic acids is 2. The maximum atomic E-state index is 13.2. The quantitative estimate of drug-likeness (QED) is 0.113. The molecule has 2 atom stereocenters. The molecular weight excluding hydrogens is 564 g/mol. The van der Waals surface area contributed by atoms with Crippen molar-refractivity contribution in [3.05, 3.63) is 69.8 Å². The number of rotatable bonds is 16. The van der Waals surface area contributed by atoms with Gasteiger partial charge in [0.1, 0.15) is 17.9 Å². The van der Waals surface area contributed by atoms with Crippen LogP contribution in [0.4, 0.5) is 5.69 Å². The van der Waals surface area contributed by atoms with E-state index in [1.807, 2.05) is 0 Å². The molecule has 1 fully saturated rings. The van der Waals surface area contributed by atoms with Crippen molar-refractivity contribution < 1.29 is 32.8 Å². The molecule has 2 aromatic rings. The monoisotopic (exact) mass is 600 g/mol. The van der Waals surface area contributed by atoms with Gasteiger partial charge in [0, 0.05) is 43.7 Å². The number of Topliss-reactive ketones (excluding diaryl/α,β-unsaturated/α-hetero) is 1. The summed E-state index contributed by atoms with van der Waals surface area (Å²) in [7, 11) is -4.15. The molecule has 3 N–H and O–H groups in total. The lowest BCUT2D eigenvalue weighted by atomic mass is 10.00. The molecule has 1 amide bonds. The Morgan fingerprint density at radius 1 is 1.05 bits per heavy atom. The number of unbranched alkanes of at least 4 members (excludes halogenated alkanes) is 2. The molecule has 42 heavy (non-hydrogen) atoms. The Bertz CT molecular complexity index is 1410. The van der Waals surface area contributed by atoms with Crippen molar-refractivity contribution in [1.29, 1.82) is 5.41 Å². The highest BCUT2D eigenvalue weighted by molar-refractivity contribution is 7.89. The maximum absolute atomic E-state index is 13.2. The number of hydrogen-bond acceptors (Lipinski definition) is 8. The molecule has 3 rings (SSSR count). The van der Waals surface area contributed by atoms with Gasteiger partial charge in [0.25, 0.3) is 5.69 Å². The summed E-state index contributed by atoms with van der Waals surface area (Å²) in [6.45, 7) is 1.82. The van der Waals surface area contributed by atoms with Crippen LogP contribution in [0.25, 0.3) is 0 Å². The predicted molar refractivity (Wildman–Crippen MR) is 155 cm³/mol. The number of carboxylic acids is 1. The van der Waals surface area contributed by atoms with Gasteiger partial charge in [-0.3, -0.25) is 19.7 Å². The lowest BCUT2D eigenvalue weighted by molar-refractivity contribution is -0.384. The number of carbonyl (C=O) groups is 3. The summed E-state index contributed by atoms with van der Waals surface area (Å²) < 4.78 is 27.4. The molecule has 0 aliphatic carbocycles. The van der Waals surface area contributed by atoms with E-state index in [1.54, 1.807) is 31.2 Å². The van der Waals surface area contributed by atoms with Crippen molar-refractivity contribution in [2.45, 2.75) is 81.7 Å². The Kier molecular flexibility index (Phi) is 11.5. The third-order valence-corrected chi connectivity index (χ3v) is 9.07. The minimum atomic E-state index is -4.15. The van der Waals surface area contributed by atoms with Crippen LogP contribution in [-0.4, -0.2) is 64.8 Å². The molecule has 1 unspecified atom stereocenters. The molecule has 0 aromatic heterocycles. The van der Waals surface area contributed by atoms with E-state index in [4.69, 9.17) is 5.41 Å². The zero-order valence-electron chi connectivity index (χ0n) is 23.5. The van der Waals surface area contributed by atoms with Gasteiger partial charge in [-0.2, -0.15) is 4.31 Å². The van der Waals surface area contributed by atoms with Crippen molar-refractivity contribution in [3.63, 3.8) is 0 Å². The van der Waals surface area contributed by atoms with E-state index in [0.717, 1.165) is 59.8 Å². The third-order valence-electron chi connectivity index (χ3n) is 7.15. The first-order chi connectivity index (χ1) is 19.9. The fourth-order valence-corrected chi connectivity index (χ4v) is 6.52. The molecule has 12 nitrogen and oxygen atoms in total. The van der Waals surface area contributed by atoms with E-state index in [1.165, 1.54) is 0 Å². The molecule has 1 aliphatic rings. The second kappa shape index (κ2) is 14.8. The first-order valence-electron chi connectivity index (χ1n) is 13.8. The number of amides is 1. The number of nitro groups is 1. The van der Waals surface area contributed by atoms with Crippen LogP contribution < -0.4 is 5.32 Å². The van der Waals surface area contributed by atoms with Crippen molar-refractivity contribution in [2.24, 2.45) is 0 Å². The van der Waals surface area contributed by atoms with Gasteiger partial charge in [-0.15, -0.1) is 0 Å². The molecule has 0 bridgehead atoms. The molecule has 1 saturated heterocycles. The zero-order valence-corrected chi connectivity index (χ0v) is 24.3. The van der Waals surface area contributed by atoms with E-state index < -0.39 is 38.9 Å². The fraction of sp³-hybridized carbons (Fsp3) is 0.448. The number of non-ortho nitro benzene ring substituents is 1. The van der Waals surface area contributed by atoms with Crippen LogP contribution in [0.2, 0.25) is 0 Å². The van der Waals surface area contributed by atoms with Gasteiger partial charge >= 0.3 is 5.97 Å². The van der Waals surface area contributed by atoms with E-state index in [2.05, 4.69) is 5.32 Å². The van der Waals surface area contributed by atoms with Crippen LogP contribution in [0.1, 0.15) is 63.0 Å².